The van der Waals surface area contributed by atoms with Crippen molar-refractivity contribution in [2.24, 2.45) is 0 Å². The minimum atomic E-state index is -4.67. The molecule has 6 heteroatoms. The normalized spacial score (nSPS) is 29.2. The van der Waals surface area contributed by atoms with Crippen LogP contribution in [0, 0.1) is 0 Å². The van der Waals surface area contributed by atoms with Crippen molar-refractivity contribution in [2.45, 2.75) is 50.2 Å². The van der Waals surface area contributed by atoms with Crippen molar-refractivity contribution in [1.29, 1.82) is 0 Å². The second-order valence-electron chi connectivity index (χ2n) is 5.37. The van der Waals surface area contributed by atoms with E-state index in [0.717, 1.165) is 25.7 Å². The Morgan fingerprint density at radius 2 is 1.70 bits per heavy atom. The molecule has 2 heterocycles. The number of hydrogen-bond donors (Lipinski definition) is 1. The van der Waals surface area contributed by atoms with Gasteiger partial charge in [0.05, 0.1) is 0 Å². The summed E-state index contributed by atoms with van der Waals surface area (Å²) in [6.45, 7) is 0. The topological polar surface area (TPSA) is 30.5 Å². The molecule has 0 aromatic heterocycles. The van der Waals surface area contributed by atoms with Crippen molar-refractivity contribution in [1.82, 2.24) is 5.32 Å². The third-order valence-electron chi connectivity index (χ3n) is 3.77. The molecule has 2 aliphatic heterocycles. The molecule has 0 amide bonds. The molecule has 1 aromatic rings. The Labute approximate surface area is 115 Å². The molecule has 2 aliphatic rings. The first kappa shape index (κ1) is 13.5. The molecule has 0 saturated carbocycles. The highest BCUT2D eigenvalue weighted by Crippen LogP contribution is 2.31. The van der Waals surface area contributed by atoms with Crippen molar-refractivity contribution >= 4 is 0 Å². The maximum absolute atomic E-state index is 12.2. The number of benzene rings is 1. The summed E-state index contributed by atoms with van der Waals surface area (Å²) in [7, 11) is 0. The lowest BCUT2D eigenvalue weighted by molar-refractivity contribution is -0.274. The SMILES string of the molecule is FC(F)(F)Oc1cccc(OC2CC3CCC(C2)N3)c1. The molecule has 2 atom stereocenters. The summed E-state index contributed by atoms with van der Waals surface area (Å²) in [5.74, 6) is 0.185. The second-order valence-corrected chi connectivity index (χ2v) is 5.37. The van der Waals surface area contributed by atoms with Gasteiger partial charge < -0.3 is 14.8 Å². The van der Waals surface area contributed by atoms with Gasteiger partial charge in [0.1, 0.15) is 17.6 Å². The third kappa shape index (κ3) is 3.36. The molecule has 3 nitrogen and oxygen atoms in total. The van der Waals surface area contributed by atoms with Crippen LogP contribution in [-0.4, -0.2) is 24.6 Å². The lowest BCUT2D eigenvalue weighted by atomic mass is 10.0. The molecule has 1 aromatic carbocycles. The van der Waals surface area contributed by atoms with Crippen LogP contribution in [0.15, 0.2) is 24.3 Å². The van der Waals surface area contributed by atoms with Gasteiger partial charge in [0.25, 0.3) is 0 Å². The van der Waals surface area contributed by atoms with Crippen LogP contribution in [0.25, 0.3) is 0 Å². The Hall–Kier alpha value is -1.43. The van der Waals surface area contributed by atoms with Gasteiger partial charge in [-0.25, -0.2) is 0 Å². The van der Waals surface area contributed by atoms with Gasteiger partial charge in [-0.05, 0) is 37.8 Å². The number of piperidine rings is 1. The lowest BCUT2D eigenvalue weighted by Gasteiger charge is -2.29. The van der Waals surface area contributed by atoms with Crippen molar-refractivity contribution in [3.63, 3.8) is 0 Å². The highest BCUT2D eigenvalue weighted by Gasteiger charge is 2.35. The Morgan fingerprint density at radius 1 is 1.05 bits per heavy atom. The summed E-state index contributed by atoms with van der Waals surface area (Å²) in [6, 6.07) is 6.69. The number of alkyl halides is 3. The van der Waals surface area contributed by atoms with Crippen LogP contribution in [0.5, 0.6) is 11.5 Å². The van der Waals surface area contributed by atoms with Gasteiger partial charge in [-0.3, -0.25) is 0 Å². The summed E-state index contributed by atoms with van der Waals surface area (Å²) in [6.07, 6.45) is -0.493. The monoisotopic (exact) mass is 287 g/mol. The Bertz CT molecular complexity index is 466. The Balaban J connectivity index is 1.64. The van der Waals surface area contributed by atoms with Crippen molar-refractivity contribution in [2.75, 3.05) is 0 Å². The lowest BCUT2D eigenvalue weighted by Crippen LogP contribution is -2.42. The van der Waals surface area contributed by atoms with E-state index in [9.17, 15) is 13.2 Å². The molecule has 0 spiro atoms. The number of halogens is 3. The average molecular weight is 287 g/mol. The highest BCUT2D eigenvalue weighted by atomic mass is 19.4. The van der Waals surface area contributed by atoms with Gasteiger partial charge in [0.15, 0.2) is 0 Å². The van der Waals surface area contributed by atoms with E-state index >= 15 is 0 Å². The van der Waals surface area contributed by atoms with E-state index in [2.05, 4.69) is 10.1 Å². The quantitative estimate of drug-likeness (QED) is 0.925. The Kier molecular flexibility index (Phi) is 3.50. The van der Waals surface area contributed by atoms with Crippen LogP contribution in [0.1, 0.15) is 25.7 Å². The molecule has 0 radical (unpaired) electrons. The summed E-state index contributed by atoms with van der Waals surface area (Å²) in [5, 5.41) is 3.50. The van der Waals surface area contributed by atoms with E-state index in [-0.39, 0.29) is 11.9 Å². The van der Waals surface area contributed by atoms with Gasteiger partial charge in [0, 0.05) is 18.2 Å². The van der Waals surface area contributed by atoms with E-state index in [1.807, 2.05) is 0 Å². The maximum atomic E-state index is 12.2. The minimum absolute atomic E-state index is 0.0647. The van der Waals surface area contributed by atoms with Crippen molar-refractivity contribution in [3.8, 4) is 11.5 Å². The largest absolute Gasteiger partial charge is 0.573 e. The van der Waals surface area contributed by atoms with E-state index in [4.69, 9.17) is 4.74 Å². The van der Waals surface area contributed by atoms with E-state index in [1.165, 1.54) is 18.2 Å². The number of nitrogens with one attached hydrogen (secondary N) is 1. The van der Waals surface area contributed by atoms with Crippen LogP contribution in [0.3, 0.4) is 0 Å². The first-order valence-electron chi connectivity index (χ1n) is 6.76. The molecule has 2 saturated heterocycles. The number of fused-ring (bicyclic) bond motifs is 2. The summed E-state index contributed by atoms with van der Waals surface area (Å²) in [4.78, 5) is 0. The number of ether oxygens (including phenoxy) is 2. The van der Waals surface area contributed by atoms with Crippen molar-refractivity contribution in [3.05, 3.63) is 24.3 Å². The zero-order valence-corrected chi connectivity index (χ0v) is 10.8. The number of rotatable bonds is 3. The zero-order valence-electron chi connectivity index (χ0n) is 10.8. The van der Waals surface area contributed by atoms with Gasteiger partial charge in [-0.1, -0.05) is 6.07 Å². The van der Waals surface area contributed by atoms with Crippen LogP contribution in [0.4, 0.5) is 13.2 Å². The van der Waals surface area contributed by atoms with Gasteiger partial charge >= 0.3 is 6.36 Å². The minimum Gasteiger partial charge on any atom is -0.490 e. The van der Waals surface area contributed by atoms with Crippen LogP contribution >= 0.6 is 0 Å². The first-order chi connectivity index (χ1) is 9.48. The molecule has 2 unspecified atom stereocenters. The number of hydrogen-bond acceptors (Lipinski definition) is 3. The fourth-order valence-corrected chi connectivity index (χ4v) is 3.04. The summed E-state index contributed by atoms with van der Waals surface area (Å²) in [5.41, 5.74) is 0. The molecule has 2 fully saturated rings. The van der Waals surface area contributed by atoms with Crippen LogP contribution in [-0.2, 0) is 0 Å². The highest BCUT2D eigenvalue weighted by molar-refractivity contribution is 5.33. The smallest absolute Gasteiger partial charge is 0.490 e. The Morgan fingerprint density at radius 3 is 2.35 bits per heavy atom. The predicted molar refractivity (Wildman–Crippen MR) is 66.7 cm³/mol. The van der Waals surface area contributed by atoms with Gasteiger partial charge in [-0.2, -0.15) is 0 Å². The van der Waals surface area contributed by atoms with Crippen LogP contribution < -0.4 is 14.8 Å². The van der Waals surface area contributed by atoms with Gasteiger partial charge in [-0.15, -0.1) is 13.2 Å². The zero-order chi connectivity index (χ0) is 14.2. The molecule has 3 rings (SSSR count). The molecule has 110 valence electrons. The van der Waals surface area contributed by atoms with E-state index in [1.54, 1.807) is 6.07 Å². The van der Waals surface area contributed by atoms with Crippen LogP contribution in [0.2, 0.25) is 0 Å². The average Bonchev–Trinajstić information content (AvgIpc) is 2.67. The molecule has 1 N–H and O–H groups in total. The van der Waals surface area contributed by atoms with E-state index < -0.39 is 6.36 Å². The molecule has 2 bridgehead atoms. The maximum Gasteiger partial charge on any atom is 0.573 e. The molecule has 20 heavy (non-hydrogen) atoms. The third-order valence-corrected chi connectivity index (χ3v) is 3.77. The molecular weight excluding hydrogens is 271 g/mol. The second kappa shape index (κ2) is 5.16. The summed E-state index contributed by atoms with van der Waals surface area (Å²) >= 11 is 0. The fourth-order valence-electron chi connectivity index (χ4n) is 3.04. The fraction of sp³-hybridized carbons (Fsp3) is 0.571. The molecule has 0 aliphatic carbocycles. The first-order valence-corrected chi connectivity index (χ1v) is 6.76. The molecular formula is C14H16F3NO2. The van der Waals surface area contributed by atoms with Crippen molar-refractivity contribution < 1.29 is 22.6 Å². The van der Waals surface area contributed by atoms with Gasteiger partial charge in [0.2, 0.25) is 0 Å². The summed E-state index contributed by atoms with van der Waals surface area (Å²) < 4.78 is 46.2. The predicted octanol–water partition coefficient (Wildman–Crippen LogP) is 3.25. The standard InChI is InChI=1S/C14H16F3NO2/c15-14(16,17)20-12-3-1-2-11(8-12)19-13-6-9-4-5-10(7-13)18-9/h1-3,8-10,13,18H,4-7H2. The van der Waals surface area contributed by atoms with E-state index in [0.29, 0.717) is 17.8 Å².